The van der Waals surface area contributed by atoms with Crippen molar-refractivity contribution in [3.8, 4) is 5.75 Å². The minimum atomic E-state index is -0.979. The summed E-state index contributed by atoms with van der Waals surface area (Å²) in [5, 5.41) is 0.584. The van der Waals surface area contributed by atoms with Gasteiger partial charge >= 0.3 is 0 Å². The maximum atomic E-state index is 12.5. The first-order chi connectivity index (χ1) is 12.2. The zero-order chi connectivity index (χ0) is 19.3. The van der Waals surface area contributed by atoms with Crippen LogP contribution in [0.2, 0.25) is 5.02 Å². The Hall–Kier alpha value is -2.46. The van der Waals surface area contributed by atoms with E-state index in [1.165, 1.54) is 0 Å². The maximum absolute atomic E-state index is 12.5. The molecule has 0 aliphatic rings. The molecule has 0 saturated carbocycles. The van der Waals surface area contributed by atoms with Crippen LogP contribution < -0.4 is 4.74 Å². The van der Waals surface area contributed by atoms with Crippen molar-refractivity contribution >= 4 is 28.9 Å². The summed E-state index contributed by atoms with van der Waals surface area (Å²) in [5.74, 6) is 0.377. The van der Waals surface area contributed by atoms with Crippen LogP contribution in [0.3, 0.4) is 0 Å². The van der Waals surface area contributed by atoms with Gasteiger partial charge in [0.1, 0.15) is 5.75 Å². The lowest BCUT2D eigenvalue weighted by Crippen LogP contribution is -2.39. The Labute approximate surface area is 158 Å². The van der Waals surface area contributed by atoms with Crippen molar-refractivity contribution in [3.63, 3.8) is 0 Å². The zero-order valence-electron chi connectivity index (χ0n) is 15.4. The van der Waals surface area contributed by atoms with Gasteiger partial charge in [-0.25, -0.2) is 0 Å². The maximum Gasteiger partial charge on any atom is 0.193 e. The number of ketones is 2. The molecule has 0 aromatic heterocycles. The predicted octanol–water partition coefficient (Wildman–Crippen LogP) is 4.78. The number of ether oxygens (including phenoxy) is 1. The molecule has 2 aromatic carbocycles. The second-order valence-electron chi connectivity index (χ2n) is 6.53. The Morgan fingerprint density at radius 1 is 1.00 bits per heavy atom. The third-order valence-corrected chi connectivity index (χ3v) is 4.32. The molecular weight excluding hydrogens is 350 g/mol. The Bertz CT molecular complexity index is 821. The number of aliphatic imine (C=N–C) groups is 1. The lowest BCUT2D eigenvalue weighted by atomic mass is 9.98. The van der Waals surface area contributed by atoms with Gasteiger partial charge in [0.2, 0.25) is 0 Å². The largest absolute Gasteiger partial charge is 0.480 e. The normalized spacial score (nSPS) is 12.0. The summed E-state index contributed by atoms with van der Waals surface area (Å²) in [5.41, 5.74) is 0.884. The van der Waals surface area contributed by atoms with Crippen molar-refractivity contribution in [3.05, 3.63) is 64.7 Å². The first kappa shape index (κ1) is 19.9. The van der Waals surface area contributed by atoms with E-state index in [2.05, 4.69) is 4.99 Å². The van der Waals surface area contributed by atoms with Crippen LogP contribution in [0.15, 0.2) is 53.5 Å². The van der Waals surface area contributed by atoms with Crippen LogP contribution in [0, 0.1) is 0 Å². The lowest BCUT2D eigenvalue weighted by molar-refractivity contribution is -0.130. The highest BCUT2D eigenvalue weighted by Crippen LogP contribution is 2.22. The van der Waals surface area contributed by atoms with E-state index in [0.717, 1.165) is 5.71 Å². The smallest absolute Gasteiger partial charge is 0.193 e. The summed E-state index contributed by atoms with van der Waals surface area (Å²) in [7, 11) is 1.66. The van der Waals surface area contributed by atoms with Gasteiger partial charge in [-0.05, 0) is 69.3 Å². The number of hydrogen-bond acceptors (Lipinski definition) is 4. The summed E-state index contributed by atoms with van der Waals surface area (Å²) < 4.78 is 5.83. The standard InChI is InChI=1S/C21H22ClNO3/c1-14(23-4)13-19(24)21(2,3)26-18-11-7-16(8-12-18)20(25)15-5-9-17(22)10-6-15/h5-12H,13H2,1-4H3. The van der Waals surface area contributed by atoms with Crippen molar-refractivity contribution in [2.24, 2.45) is 4.99 Å². The van der Waals surface area contributed by atoms with Crippen molar-refractivity contribution in [2.75, 3.05) is 7.05 Å². The highest BCUT2D eigenvalue weighted by Gasteiger charge is 2.29. The van der Waals surface area contributed by atoms with Crippen molar-refractivity contribution in [1.82, 2.24) is 0 Å². The fourth-order valence-corrected chi connectivity index (χ4v) is 2.44. The molecule has 0 atom stereocenters. The van der Waals surface area contributed by atoms with Crippen LogP contribution in [-0.4, -0.2) is 29.9 Å². The third-order valence-electron chi connectivity index (χ3n) is 4.07. The van der Waals surface area contributed by atoms with Crippen LogP contribution in [0.25, 0.3) is 0 Å². The van der Waals surface area contributed by atoms with E-state index in [9.17, 15) is 9.59 Å². The molecule has 0 fully saturated rings. The fourth-order valence-electron chi connectivity index (χ4n) is 2.32. The Morgan fingerprint density at radius 3 is 2.00 bits per heavy atom. The highest BCUT2D eigenvalue weighted by atomic mass is 35.5. The number of hydrogen-bond donors (Lipinski definition) is 0. The number of rotatable bonds is 7. The molecule has 5 heteroatoms. The van der Waals surface area contributed by atoms with Gasteiger partial charge in [0, 0.05) is 35.3 Å². The Kier molecular flexibility index (Phi) is 6.32. The van der Waals surface area contributed by atoms with E-state index in [-0.39, 0.29) is 18.0 Å². The van der Waals surface area contributed by atoms with Crippen LogP contribution in [0.4, 0.5) is 0 Å². The molecule has 2 rings (SSSR count). The Morgan fingerprint density at radius 2 is 1.50 bits per heavy atom. The van der Waals surface area contributed by atoms with Crippen molar-refractivity contribution in [2.45, 2.75) is 32.8 Å². The minimum Gasteiger partial charge on any atom is -0.480 e. The third kappa shape index (κ3) is 5.02. The molecule has 0 radical (unpaired) electrons. The molecule has 0 heterocycles. The topological polar surface area (TPSA) is 55.7 Å². The monoisotopic (exact) mass is 371 g/mol. The molecule has 26 heavy (non-hydrogen) atoms. The number of benzene rings is 2. The average molecular weight is 372 g/mol. The number of nitrogens with zero attached hydrogens (tertiary/aromatic N) is 1. The molecule has 0 aliphatic carbocycles. The van der Waals surface area contributed by atoms with E-state index >= 15 is 0 Å². The fraction of sp³-hybridized carbons (Fsp3) is 0.286. The molecule has 136 valence electrons. The van der Waals surface area contributed by atoms with Gasteiger partial charge in [-0.15, -0.1) is 0 Å². The minimum absolute atomic E-state index is 0.0538. The van der Waals surface area contributed by atoms with Gasteiger partial charge in [0.15, 0.2) is 17.2 Å². The van der Waals surface area contributed by atoms with Gasteiger partial charge in [-0.2, -0.15) is 0 Å². The second kappa shape index (κ2) is 8.28. The molecule has 0 amide bonds. The summed E-state index contributed by atoms with van der Waals surface area (Å²) >= 11 is 5.85. The average Bonchev–Trinajstić information content (AvgIpc) is 2.62. The molecule has 2 aromatic rings. The van der Waals surface area contributed by atoms with E-state index in [0.29, 0.717) is 21.9 Å². The van der Waals surface area contributed by atoms with Gasteiger partial charge in [-0.3, -0.25) is 14.6 Å². The molecule has 0 aliphatic heterocycles. The highest BCUT2D eigenvalue weighted by molar-refractivity contribution is 6.30. The van der Waals surface area contributed by atoms with Gasteiger partial charge in [0.05, 0.1) is 0 Å². The zero-order valence-corrected chi connectivity index (χ0v) is 16.1. The summed E-state index contributed by atoms with van der Waals surface area (Å²) in [4.78, 5) is 28.8. The second-order valence-corrected chi connectivity index (χ2v) is 6.97. The number of carbonyl (C=O) groups is 2. The molecule has 0 unspecified atom stereocenters. The number of halogens is 1. The van der Waals surface area contributed by atoms with Crippen LogP contribution in [0.1, 0.15) is 43.1 Å². The van der Waals surface area contributed by atoms with Crippen LogP contribution in [-0.2, 0) is 4.79 Å². The van der Waals surface area contributed by atoms with Gasteiger partial charge < -0.3 is 4.74 Å². The lowest BCUT2D eigenvalue weighted by Gasteiger charge is -2.25. The van der Waals surface area contributed by atoms with Gasteiger partial charge in [0.25, 0.3) is 0 Å². The first-order valence-electron chi connectivity index (χ1n) is 8.28. The molecular formula is C21H22ClNO3. The van der Waals surface area contributed by atoms with E-state index < -0.39 is 5.60 Å². The molecule has 4 nitrogen and oxygen atoms in total. The first-order valence-corrected chi connectivity index (χ1v) is 8.65. The van der Waals surface area contributed by atoms with Crippen LogP contribution >= 0.6 is 11.6 Å². The summed E-state index contributed by atoms with van der Waals surface area (Å²) in [6.07, 6.45) is 0.247. The van der Waals surface area contributed by atoms with E-state index in [1.54, 1.807) is 69.4 Å². The number of carbonyl (C=O) groups excluding carboxylic acids is 2. The summed E-state index contributed by atoms with van der Waals surface area (Å²) in [6.45, 7) is 5.27. The predicted molar refractivity (Wildman–Crippen MR) is 105 cm³/mol. The molecule has 0 spiro atoms. The number of Topliss-reactive ketones (excluding diaryl/α,β-unsaturated/α-hetero) is 1. The molecule has 0 saturated heterocycles. The van der Waals surface area contributed by atoms with Crippen molar-refractivity contribution < 1.29 is 14.3 Å². The molecule has 0 N–H and O–H groups in total. The summed E-state index contributed by atoms with van der Waals surface area (Å²) in [6, 6.07) is 13.5. The Balaban J connectivity index is 2.10. The SMILES string of the molecule is CN=C(C)CC(=O)C(C)(C)Oc1ccc(C(=O)c2ccc(Cl)cc2)cc1. The van der Waals surface area contributed by atoms with E-state index in [1.807, 2.05) is 6.92 Å². The van der Waals surface area contributed by atoms with E-state index in [4.69, 9.17) is 16.3 Å². The van der Waals surface area contributed by atoms with Crippen LogP contribution in [0.5, 0.6) is 5.75 Å². The quantitative estimate of drug-likeness (QED) is 0.520. The molecule has 0 bridgehead atoms. The van der Waals surface area contributed by atoms with Crippen molar-refractivity contribution in [1.29, 1.82) is 0 Å². The van der Waals surface area contributed by atoms with Gasteiger partial charge in [-0.1, -0.05) is 11.6 Å².